The van der Waals surface area contributed by atoms with E-state index in [1.54, 1.807) is 0 Å². The fourth-order valence-corrected chi connectivity index (χ4v) is 2.33. The number of benzene rings is 1. The van der Waals surface area contributed by atoms with Crippen LogP contribution >= 0.6 is 12.6 Å². The first-order valence-corrected chi connectivity index (χ1v) is 6.60. The third-order valence-electron chi connectivity index (χ3n) is 2.97. The number of hydrogen-bond donors (Lipinski definition) is 1. The molecule has 1 aromatic carbocycles. The first kappa shape index (κ1) is 12.6. The summed E-state index contributed by atoms with van der Waals surface area (Å²) < 4.78 is 0. The van der Waals surface area contributed by atoms with Crippen LogP contribution in [0.1, 0.15) is 57.4 Å². The zero-order valence-corrected chi connectivity index (χ0v) is 10.8. The summed E-state index contributed by atoms with van der Waals surface area (Å²) in [6.45, 7) is 4.00. The van der Waals surface area contributed by atoms with Crippen molar-refractivity contribution in [2.45, 2.75) is 56.8 Å². The smallest absolute Gasteiger partial charge is 0.00401 e. The molecule has 0 aromatic heterocycles. The van der Waals surface area contributed by atoms with E-state index in [4.69, 9.17) is 0 Å². The molecule has 0 unspecified atom stereocenters. The number of rotatable bonds is 1. The molecule has 1 aliphatic carbocycles. The summed E-state index contributed by atoms with van der Waals surface area (Å²) in [5.74, 6) is 0.822. The molecule has 1 heteroatoms. The van der Waals surface area contributed by atoms with Crippen LogP contribution in [-0.2, 0) is 0 Å². The Morgan fingerprint density at radius 3 is 2.00 bits per heavy atom. The summed E-state index contributed by atoms with van der Waals surface area (Å²) in [5, 5.41) is 0. The van der Waals surface area contributed by atoms with Crippen molar-refractivity contribution in [2.24, 2.45) is 0 Å². The lowest BCUT2D eigenvalue weighted by Crippen LogP contribution is -2.03. The molecular formula is C14H22S. The van der Waals surface area contributed by atoms with Gasteiger partial charge in [-0.1, -0.05) is 45.2 Å². The molecule has 2 rings (SSSR count). The Kier molecular flexibility index (Phi) is 5.85. The van der Waals surface area contributed by atoms with E-state index >= 15 is 0 Å². The van der Waals surface area contributed by atoms with Crippen molar-refractivity contribution in [1.82, 2.24) is 0 Å². The van der Waals surface area contributed by atoms with E-state index in [-0.39, 0.29) is 0 Å². The van der Waals surface area contributed by atoms with E-state index < -0.39 is 0 Å². The predicted molar refractivity (Wildman–Crippen MR) is 70.9 cm³/mol. The molecule has 0 saturated heterocycles. The van der Waals surface area contributed by atoms with Gasteiger partial charge in [0.1, 0.15) is 0 Å². The highest BCUT2D eigenvalue weighted by Crippen LogP contribution is 2.32. The van der Waals surface area contributed by atoms with Crippen LogP contribution in [0.15, 0.2) is 29.2 Å². The monoisotopic (exact) mass is 222 g/mol. The quantitative estimate of drug-likeness (QED) is 0.632. The second kappa shape index (κ2) is 6.95. The minimum Gasteiger partial charge on any atom is -0.143 e. The maximum absolute atomic E-state index is 4.30. The van der Waals surface area contributed by atoms with Crippen LogP contribution in [0.2, 0.25) is 0 Å². The van der Waals surface area contributed by atoms with Crippen molar-refractivity contribution < 1.29 is 0 Å². The van der Waals surface area contributed by atoms with Crippen LogP contribution in [0.5, 0.6) is 0 Å². The van der Waals surface area contributed by atoms with Gasteiger partial charge in [0.15, 0.2) is 0 Å². The molecule has 0 N–H and O–H groups in total. The second-order valence-corrected chi connectivity index (χ2v) is 4.44. The van der Waals surface area contributed by atoms with E-state index in [0.717, 1.165) is 10.8 Å². The summed E-state index contributed by atoms with van der Waals surface area (Å²) in [6, 6.07) is 8.68. The molecule has 0 radical (unpaired) electrons. The van der Waals surface area contributed by atoms with Gasteiger partial charge in [0, 0.05) is 4.90 Å². The van der Waals surface area contributed by atoms with Crippen LogP contribution in [0.3, 0.4) is 0 Å². The molecule has 0 heterocycles. The molecule has 0 spiro atoms. The van der Waals surface area contributed by atoms with Crippen molar-refractivity contribution in [2.75, 3.05) is 0 Å². The minimum atomic E-state index is 0.822. The first-order chi connectivity index (χ1) is 7.36. The largest absolute Gasteiger partial charge is 0.143 e. The molecular weight excluding hydrogens is 200 g/mol. The second-order valence-electron chi connectivity index (χ2n) is 3.93. The molecule has 1 aromatic rings. The minimum absolute atomic E-state index is 0.822. The lowest BCUT2D eigenvalue weighted by Gasteiger charge is -2.21. The molecule has 1 aliphatic rings. The van der Waals surface area contributed by atoms with E-state index in [1.165, 1.54) is 37.7 Å². The van der Waals surface area contributed by atoms with Crippen LogP contribution in [-0.4, -0.2) is 0 Å². The molecule has 1 fully saturated rings. The third-order valence-corrected chi connectivity index (χ3v) is 3.27. The zero-order valence-electron chi connectivity index (χ0n) is 9.87. The van der Waals surface area contributed by atoms with Gasteiger partial charge < -0.3 is 0 Å². The maximum Gasteiger partial charge on any atom is 0.00401 e. The lowest BCUT2D eigenvalue weighted by atomic mass is 9.84. The van der Waals surface area contributed by atoms with Gasteiger partial charge in [-0.2, -0.15) is 0 Å². The van der Waals surface area contributed by atoms with Crippen molar-refractivity contribution in [1.29, 1.82) is 0 Å². The van der Waals surface area contributed by atoms with Gasteiger partial charge in [-0.05, 0) is 36.5 Å². The van der Waals surface area contributed by atoms with Crippen molar-refractivity contribution in [3.8, 4) is 0 Å². The van der Waals surface area contributed by atoms with Crippen LogP contribution in [0, 0.1) is 0 Å². The zero-order chi connectivity index (χ0) is 11.1. The van der Waals surface area contributed by atoms with E-state index in [1.807, 2.05) is 13.8 Å². The molecule has 1 saturated carbocycles. The fourth-order valence-electron chi connectivity index (χ4n) is 2.18. The van der Waals surface area contributed by atoms with Crippen LogP contribution in [0.4, 0.5) is 0 Å². The highest BCUT2D eigenvalue weighted by Gasteiger charge is 2.14. The average molecular weight is 222 g/mol. The van der Waals surface area contributed by atoms with Crippen LogP contribution < -0.4 is 0 Å². The summed E-state index contributed by atoms with van der Waals surface area (Å²) in [7, 11) is 0. The van der Waals surface area contributed by atoms with Gasteiger partial charge >= 0.3 is 0 Å². The standard InChI is InChI=1S/C12H16S.C2H6/c13-12-8-6-11(7-9-12)10-4-2-1-3-5-10;1-2/h6-10,13H,1-5H2;1-2H3. The SMILES string of the molecule is CC.Sc1ccc(C2CCCCC2)cc1. The Bertz CT molecular complexity index is 257. The molecule has 0 amide bonds. The molecule has 0 aliphatic heterocycles. The number of thiol groups is 1. The lowest BCUT2D eigenvalue weighted by molar-refractivity contribution is 0.443. The van der Waals surface area contributed by atoms with E-state index in [2.05, 4.69) is 36.9 Å². The Morgan fingerprint density at radius 1 is 0.933 bits per heavy atom. The summed E-state index contributed by atoms with van der Waals surface area (Å²) in [5.41, 5.74) is 1.51. The summed E-state index contributed by atoms with van der Waals surface area (Å²) in [4.78, 5) is 1.07. The van der Waals surface area contributed by atoms with Gasteiger partial charge in [-0.3, -0.25) is 0 Å². The number of hydrogen-bond acceptors (Lipinski definition) is 1. The molecule has 0 nitrogen and oxygen atoms in total. The third kappa shape index (κ3) is 3.90. The van der Waals surface area contributed by atoms with Crippen molar-refractivity contribution in [3.05, 3.63) is 29.8 Å². The molecule has 15 heavy (non-hydrogen) atoms. The Labute approximate surface area is 99.5 Å². The highest BCUT2D eigenvalue weighted by atomic mass is 32.1. The fraction of sp³-hybridized carbons (Fsp3) is 0.571. The summed E-state index contributed by atoms with van der Waals surface area (Å²) in [6.07, 6.45) is 7.01. The molecule has 0 atom stereocenters. The Hall–Kier alpha value is -0.430. The van der Waals surface area contributed by atoms with Gasteiger partial charge in [0.05, 0.1) is 0 Å². The van der Waals surface area contributed by atoms with Gasteiger partial charge in [-0.25, -0.2) is 0 Å². The van der Waals surface area contributed by atoms with Crippen molar-refractivity contribution in [3.63, 3.8) is 0 Å². The van der Waals surface area contributed by atoms with Gasteiger partial charge in [-0.15, -0.1) is 12.6 Å². The van der Waals surface area contributed by atoms with Gasteiger partial charge in [0.2, 0.25) is 0 Å². The first-order valence-electron chi connectivity index (χ1n) is 6.15. The van der Waals surface area contributed by atoms with E-state index in [0.29, 0.717) is 0 Å². The maximum atomic E-state index is 4.30. The average Bonchev–Trinajstić information content (AvgIpc) is 2.34. The molecule has 0 bridgehead atoms. The Morgan fingerprint density at radius 2 is 1.47 bits per heavy atom. The Balaban J connectivity index is 0.000000531. The van der Waals surface area contributed by atoms with Crippen molar-refractivity contribution >= 4 is 12.6 Å². The topological polar surface area (TPSA) is 0 Å². The van der Waals surface area contributed by atoms with Crippen LogP contribution in [0.25, 0.3) is 0 Å². The molecule has 84 valence electrons. The predicted octanol–water partition coefficient (Wildman–Crippen LogP) is 5.05. The van der Waals surface area contributed by atoms with Gasteiger partial charge in [0.25, 0.3) is 0 Å². The highest BCUT2D eigenvalue weighted by molar-refractivity contribution is 7.80. The van der Waals surface area contributed by atoms with E-state index in [9.17, 15) is 0 Å². The normalized spacial score (nSPS) is 16.7. The summed E-state index contributed by atoms with van der Waals surface area (Å²) >= 11 is 4.30.